The molecule has 2 N–H and O–H groups in total. The van der Waals surface area contributed by atoms with Gasteiger partial charge in [-0.1, -0.05) is 12.1 Å². The molecule has 8 heteroatoms. The lowest BCUT2D eigenvalue weighted by atomic mass is 10.2. The first-order valence-corrected chi connectivity index (χ1v) is 8.38. The topological polar surface area (TPSA) is 79.3 Å². The molecule has 0 radical (unpaired) electrons. The van der Waals surface area contributed by atoms with Gasteiger partial charge in [-0.05, 0) is 12.1 Å². The highest BCUT2D eigenvalue weighted by Crippen LogP contribution is 2.04. The molecular weight excluding hydrogens is 342 g/mol. The van der Waals surface area contributed by atoms with Crippen molar-refractivity contribution in [2.24, 2.45) is 0 Å². The molecule has 1 amide bonds. The van der Waals surface area contributed by atoms with Crippen LogP contribution in [-0.4, -0.2) is 59.6 Å². The maximum absolute atomic E-state index is 12.3. The Morgan fingerprint density at radius 2 is 1.96 bits per heavy atom. The normalized spacial score (nSPS) is 14.9. The molecule has 136 valence electrons. The highest BCUT2D eigenvalue weighted by atomic mass is 35.5. The number of amides is 1. The monoisotopic (exact) mass is 365 g/mol. The highest BCUT2D eigenvalue weighted by Gasteiger charge is 2.10. The van der Waals surface area contributed by atoms with Crippen LogP contribution in [0.15, 0.2) is 35.4 Å². The van der Waals surface area contributed by atoms with Crippen molar-refractivity contribution in [2.75, 3.05) is 39.3 Å². The van der Waals surface area contributed by atoms with Crippen LogP contribution in [0.2, 0.25) is 0 Å². The molecule has 1 aromatic heterocycles. The molecule has 7 nitrogen and oxygen atoms in total. The summed E-state index contributed by atoms with van der Waals surface area (Å²) in [4.78, 5) is 30.9. The van der Waals surface area contributed by atoms with Crippen LogP contribution in [0.1, 0.15) is 6.42 Å². The first-order chi connectivity index (χ1) is 11.7. The van der Waals surface area contributed by atoms with Gasteiger partial charge < -0.3 is 10.6 Å². The number of piperazine rings is 1. The molecule has 1 aliphatic rings. The Balaban J connectivity index is 0.00000225. The number of benzene rings is 1. The van der Waals surface area contributed by atoms with Gasteiger partial charge >= 0.3 is 0 Å². The van der Waals surface area contributed by atoms with E-state index in [1.54, 1.807) is 6.07 Å². The van der Waals surface area contributed by atoms with Crippen molar-refractivity contribution in [2.45, 2.75) is 13.0 Å². The molecule has 0 aliphatic carbocycles. The van der Waals surface area contributed by atoms with E-state index in [2.05, 4.69) is 20.5 Å². The van der Waals surface area contributed by atoms with Gasteiger partial charge in [0.2, 0.25) is 5.91 Å². The quantitative estimate of drug-likeness (QED) is 0.766. The molecule has 1 fully saturated rings. The summed E-state index contributed by atoms with van der Waals surface area (Å²) in [7, 11) is 0. The second kappa shape index (κ2) is 9.50. The van der Waals surface area contributed by atoms with Crippen molar-refractivity contribution in [3.8, 4) is 0 Å². The fourth-order valence-corrected chi connectivity index (χ4v) is 2.86. The summed E-state index contributed by atoms with van der Waals surface area (Å²) in [5.74, 6) is -0.0369. The van der Waals surface area contributed by atoms with Gasteiger partial charge in [0, 0.05) is 52.2 Å². The summed E-state index contributed by atoms with van der Waals surface area (Å²) >= 11 is 0. The van der Waals surface area contributed by atoms with Crippen molar-refractivity contribution in [3.63, 3.8) is 0 Å². The zero-order valence-corrected chi connectivity index (χ0v) is 14.9. The molecule has 0 bridgehead atoms. The number of aryl methyl sites for hydroxylation is 1. The Kier molecular flexibility index (Phi) is 7.36. The maximum atomic E-state index is 12.3. The summed E-state index contributed by atoms with van der Waals surface area (Å²) in [5.41, 5.74) is 0.577. The summed E-state index contributed by atoms with van der Waals surface area (Å²) < 4.78 is 1.50. The molecule has 1 aromatic carbocycles. The van der Waals surface area contributed by atoms with Gasteiger partial charge in [0.1, 0.15) is 0 Å². The average Bonchev–Trinajstić information content (AvgIpc) is 2.62. The Hall–Kier alpha value is -1.96. The van der Waals surface area contributed by atoms with Crippen molar-refractivity contribution in [1.82, 2.24) is 25.1 Å². The van der Waals surface area contributed by atoms with E-state index in [9.17, 15) is 9.59 Å². The van der Waals surface area contributed by atoms with Gasteiger partial charge in [0.15, 0.2) is 0 Å². The molecule has 3 rings (SSSR count). The lowest BCUT2D eigenvalue weighted by molar-refractivity contribution is -0.121. The average molecular weight is 366 g/mol. The number of carbonyl (C=O) groups excluding carboxylic acids is 1. The zero-order chi connectivity index (χ0) is 16.8. The van der Waals surface area contributed by atoms with Crippen molar-refractivity contribution in [3.05, 3.63) is 40.9 Å². The van der Waals surface area contributed by atoms with Crippen LogP contribution < -0.4 is 16.2 Å². The minimum atomic E-state index is -0.103. The van der Waals surface area contributed by atoms with Crippen LogP contribution >= 0.6 is 12.4 Å². The number of aromatic nitrogens is 2. The zero-order valence-electron chi connectivity index (χ0n) is 14.1. The van der Waals surface area contributed by atoms with E-state index in [0.29, 0.717) is 24.0 Å². The number of nitrogens with one attached hydrogen (secondary N) is 2. The van der Waals surface area contributed by atoms with Gasteiger partial charge in [0.05, 0.1) is 17.2 Å². The fourth-order valence-electron chi connectivity index (χ4n) is 2.86. The van der Waals surface area contributed by atoms with Crippen LogP contribution in [0, 0.1) is 0 Å². The third-order valence-corrected chi connectivity index (χ3v) is 4.27. The summed E-state index contributed by atoms with van der Waals surface area (Å²) in [5, 5.41) is 6.81. The Bertz CT molecular complexity index is 758. The molecule has 0 spiro atoms. The lowest BCUT2D eigenvalue weighted by Gasteiger charge is -2.27. The first kappa shape index (κ1) is 19.4. The van der Waals surface area contributed by atoms with E-state index >= 15 is 0 Å². The molecule has 0 saturated carbocycles. The third-order valence-electron chi connectivity index (χ3n) is 4.27. The molecule has 0 unspecified atom stereocenters. The maximum Gasteiger partial charge on any atom is 0.261 e. The van der Waals surface area contributed by atoms with Crippen LogP contribution in [0.4, 0.5) is 0 Å². The van der Waals surface area contributed by atoms with E-state index in [-0.39, 0.29) is 30.3 Å². The molecule has 2 aromatic rings. The van der Waals surface area contributed by atoms with Gasteiger partial charge in [-0.25, -0.2) is 4.98 Å². The number of nitrogens with zero attached hydrogens (tertiary/aromatic N) is 3. The fraction of sp³-hybridized carbons (Fsp3) is 0.471. The SMILES string of the molecule is Cl.O=C(CCn1cnc2ccccc2c1=O)NCCN1CCNCC1. The highest BCUT2D eigenvalue weighted by molar-refractivity contribution is 5.85. The summed E-state index contributed by atoms with van der Waals surface area (Å²) in [6.45, 7) is 5.91. The summed E-state index contributed by atoms with van der Waals surface area (Å²) in [6, 6.07) is 7.24. The van der Waals surface area contributed by atoms with Gasteiger partial charge in [-0.2, -0.15) is 0 Å². The molecule has 0 atom stereocenters. The van der Waals surface area contributed by atoms with Crippen molar-refractivity contribution >= 4 is 29.2 Å². The minimum absolute atomic E-state index is 0. The second-order valence-electron chi connectivity index (χ2n) is 5.95. The van der Waals surface area contributed by atoms with Crippen LogP contribution in [0.3, 0.4) is 0 Å². The van der Waals surface area contributed by atoms with E-state index in [1.807, 2.05) is 18.2 Å². The largest absolute Gasteiger partial charge is 0.355 e. The molecule has 2 heterocycles. The number of hydrogen-bond donors (Lipinski definition) is 2. The summed E-state index contributed by atoms with van der Waals surface area (Å²) in [6.07, 6.45) is 1.79. The molecule has 25 heavy (non-hydrogen) atoms. The van der Waals surface area contributed by atoms with Crippen LogP contribution in [-0.2, 0) is 11.3 Å². The molecular formula is C17H24ClN5O2. The number of halogens is 1. The van der Waals surface area contributed by atoms with E-state index in [0.717, 1.165) is 32.7 Å². The Morgan fingerprint density at radius 3 is 2.76 bits per heavy atom. The number of fused-ring (bicyclic) bond motifs is 1. The number of para-hydroxylation sites is 1. The predicted octanol–water partition coefficient (Wildman–Crippen LogP) is 0.230. The van der Waals surface area contributed by atoms with E-state index in [1.165, 1.54) is 10.9 Å². The lowest BCUT2D eigenvalue weighted by Crippen LogP contribution is -2.46. The van der Waals surface area contributed by atoms with Crippen molar-refractivity contribution in [1.29, 1.82) is 0 Å². The number of rotatable bonds is 6. The van der Waals surface area contributed by atoms with Crippen LogP contribution in [0.25, 0.3) is 10.9 Å². The first-order valence-electron chi connectivity index (χ1n) is 8.38. The minimum Gasteiger partial charge on any atom is -0.355 e. The van der Waals surface area contributed by atoms with Crippen LogP contribution in [0.5, 0.6) is 0 Å². The Labute approximate surface area is 152 Å². The second-order valence-corrected chi connectivity index (χ2v) is 5.95. The molecule has 1 aliphatic heterocycles. The van der Waals surface area contributed by atoms with Gasteiger partial charge in [0.25, 0.3) is 5.56 Å². The number of carbonyl (C=O) groups is 1. The third kappa shape index (κ3) is 5.26. The number of hydrogen-bond acceptors (Lipinski definition) is 5. The van der Waals surface area contributed by atoms with Gasteiger partial charge in [-0.3, -0.25) is 19.1 Å². The standard InChI is InChI=1S/C17H23N5O2.ClH/c23-16(19-8-12-21-10-6-18-7-11-21)5-9-22-13-20-15-4-2-1-3-14(15)17(22)24;/h1-4,13,18H,5-12H2,(H,19,23);1H. The smallest absolute Gasteiger partial charge is 0.261 e. The molecule has 1 saturated heterocycles. The van der Waals surface area contributed by atoms with Gasteiger partial charge in [-0.15, -0.1) is 12.4 Å². The van der Waals surface area contributed by atoms with E-state index < -0.39 is 0 Å². The Morgan fingerprint density at radius 1 is 1.20 bits per heavy atom. The van der Waals surface area contributed by atoms with Crippen molar-refractivity contribution < 1.29 is 4.79 Å². The van der Waals surface area contributed by atoms with E-state index in [4.69, 9.17) is 0 Å². The predicted molar refractivity (Wildman–Crippen MR) is 100 cm³/mol.